The number of nitrogens with one attached hydrogen (secondary N) is 1. The lowest BCUT2D eigenvalue weighted by molar-refractivity contribution is -0.122. The number of nitrogens with two attached hydrogens (primary N) is 1. The van der Waals surface area contributed by atoms with Crippen molar-refractivity contribution in [2.24, 2.45) is 11.7 Å². The van der Waals surface area contributed by atoms with Crippen LogP contribution in [0.1, 0.15) is 23.2 Å². The maximum absolute atomic E-state index is 14.2. The van der Waals surface area contributed by atoms with Gasteiger partial charge in [-0.3, -0.25) is 9.59 Å². The van der Waals surface area contributed by atoms with Crippen LogP contribution in [-0.4, -0.2) is 29.9 Å². The highest BCUT2D eigenvalue weighted by atomic mass is 19.1. The number of rotatable bonds is 6. The summed E-state index contributed by atoms with van der Waals surface area (Å²) < 4.78 is 20.0. The van der Waals surface area contributed by atoms with Crippen LogP contribution in [0.2, 0.25) is 0 Å². The molecule has 36 heavy (non-hydrogen) atoms. The average Bonchev–Trinajstić information content (AvgIpc) is 3.39. The van der Waals surface area contributed by atoms with E-state index < -0.39 is 5.82 Å². The number of hydrogen-bond acceptors (Lipinski definition) is 5. The van der Waals surface area contributed by atoms with Crippen molar-refractivity contribution >= 4 is 23.2 Å². The molecule has 182 valence electrons. The fraction of sp³-hybridized carbons (Fsp3) is 0.179. The van der Waals surface area contributed by atoms with Gasteiger partial charge in [0.1, 0.15) is 5.82 Å². The van der Waals surface area contributed by atoms with Crippen molar-refractivity contribution in [3.63, 3.8) is 0 Å². The summed E-state index contributed by atoms with van der Waals surface area (Å²) >= 11 is 0. The van der Waals surface area contributed by atoms with Gasteiger partial charge in [0.05, 0.1) is 17.3 Å². The van der Waals surface area contributed by atoms with E-state index in [9.17, 15) is 14.0 Å². The minimum absolute atomic E-state index is 0.0636. The second-order valence-electron chi connectivity index (χ2n) is 8.72. The van der Waals surface area contributed by atoms with Crippen molar-refractivity contribution in [2.45, 2.75) is 12.8 Å². The minimum atomic E-state index is -0.410. The maximum atomic E-state index is 14.2. The van der Waals surface area contributed by atoms with Gasteiger partial charge in [-0.2, -0.15) is 0 Å². The Labute approximate surface area is 207 Å². The lowest BCUT2D eigenvalue weighted by Crippen LogP contribution is -2.38. The second kappa shape index (κ2) is 10.0. The van der Waals surface area contributed by atoms with Crippen LogP contribution in [0.4, 0.5) is 15.8 Å². The van der Waals surface area contributed by atoms with Crippen LogP contribution >= 0.6 is 0 Å². The third-order valence-electron chi connectivity index (χ3n) is 6.43. The summed E-state index contributed by atoms with van der Waals surface area (Å²) in [4.78, 5) is 31.0. The number of aromatic nitrogens is 1. The zero-order valence-corrected chi connectivity index (χ0v) is 19.5. The summed E-state index contributed by atoms with van der Waals surface area (Å²) in [6, 6.07) is 20.9. The zero-order valence-electron chi connectivity index (χ0n) is 19.5. The Morgan fingerprint density at radius 3 is 2.31 bits per heavy atom. The molecule has 1 aliphatic heterocycles. The number of nitrogens with zero attached hydrogens (tertiary/aromatic N) is 2. The monoisotopic (exact) mass is 484 g/mol. The number of oxazole rings is 1. The molecule has 0 unspecified atom stereocenters. The Balaban J connectivity index is 1.30. The minimum Gasteiger partial charge on any atom is -0.436 e. The molecule has 3 N–H and O–H groups in total. The number of piperidine rings is 1. The molecule has 7 nitrogen and oxygen atoms in total. The number of carbonyl (C=O) groups is 2. The molecule has 3 aromatic carbocycles. The molecule has 0 bridgehead atoms. The lowest BCUT2D eigenvalue weighted by Gasteiger charge is -2.32. The highest BCUT2D eigenvalue weighted by molar-refractivity contribution is 6.08. The van der Waals surface area contributed by atoms with Gasteiger partial charge >= 0.3 is 0 Å². The molecule has 2 heterocycles. The van der Waals surface area contributed by atoms with E-state index in [4.69, 9.17) is 10.2 Å². The van der Waals surface area contributed by atoms with Gasteiger partial charge in [-0.05, 0) is 61.4 Å². The van der Waals surface area contributed by atoms with Crippen LogP contribution in [-0.2, 0) is 4.79 Å². The van der Waals surface area contributed by atoms with Crippen molar-refractivity contribution in [3.8, 4) is 22.8 Å². The molecule has 4 aromatic rings. The normalized spacial score (nSPS) is 14.0. The number of anilines is 2. The summed E-state index contributed by atoms with van der Waals surface area (Å²) in [5.74, 6) is -0.506. The summed E-state index contributed by atoms with van der Waals surface area (Å²) in [5.41, 5.74) is 8.29. The summed E-state index contributed by atoms with van der Waals surface area (Å²) in [6.45, 7) is 1.52. The topological polar surface area (TPSA) is 101 Å². The predicted molar refractivity (Wildman–Crippen MR) is 136 cm³/mol. The summed E-state index contributed by atoms with van der Waals surface area (Å²) in [6.07, 6.45) is 2.93. The molecule has 0 atom stereocenters. The molecular weight excluding hydrogens is 459 g/mol. The van der Waals surface area contributed by atoms with Crippen LogP contribution in [0.5, 0.6) is 0 Å². The quantitative estimate of drug-likeness (QED) is 0.396. The lowest BCUT2D eigenvalue weighted by atomic mass is 9.96. The predicted octanol–water partition coefficient (Wildman–Crippen LogP) is 5.10. The first kappa shape index (κ1) is 23.3. The molecule has 0 aliphatic carbocycles. The van der Waals surface area contributed by atoms with Gasteiger partial charge in [0.15, 0.2) is 5.76 Å². The number of benzene rings is 3. The largest absolute Gasteiger partial charge is 0.436 e. The zero-order chi connectivity index (χ0) is 25.1. The maximum Gasteiger partial charge on any atom is 0.256 e. The van der Waals surface area contributed by atoms with Crippen molar-refractivity contribution in [1.29, 1.82) is 0 Å². The highest BCUT2D eigenvalue weighted by Gasteiger charge is 2.23. The molecule has 0 saturated carbocycles. The van der Waals surface area contributed by atoms with Gasteiger partial charge in [0.2, 0.25) is 11.8 Å². The van der Waals surface area contributed by atoms with E-state index in [0.717, 1.165) is 31.6 Å². The molecule has 0 spiro atoms. The van der Waals surface area contributed by atoms with Crippen molar-refractivity contribution in [2.75, 3.05) is 23.3 Å². The van der Waals surface area contributed by atoms with Gasteiger partial charge in [-0.1, -0.05) is 24.3 Å². The smallest absolute Gasteiger partial charge is 0.256 e. The van der Waals surface area contributed by atoms with Crippen molar-refractivity contribution in [3.05, 3.63) is 90.4 Å². The van der Waals surface area contributed by atoms with Crippen molar-refractivity contribution in [1.82, 2.24) is 4.98 Å². The molecule has 8 heteroatoms. The first-order chi connectivity index (χ1) is 17.5. The van der Waals surface area contributed by atoms with E-state index in [0.29, 0.717) is 22.4 Å². The van der Waals surface area contributed by atoms with Gasteiger partial charge < -0.3 is 20.4 Å². The van der Waals surface area contributed by atoms with E-state index in [2.05, 4.69) is 15.2 Å². The third-order valence-corrected chi connectivity index (χ3v) is 6.43. The molecule has 5 rings (SSSR count). The fourth-order valence-corrected chi connectivity index (χ4v) is 4.43. The summed E-state index contributed by atoms with van der Waals surface area (Å²) in [7, 11) is 0. The molecule has 1 aromatic heterocycles. The van der Waals surface area contributed by atoms with E-state index >= 15 is 0 Å². The van der Waals surface area contributed by atoms with Crippen LogP contribution < -0.4 is 16.0 Å². The first-order valence-corrected chi connectivity index (χ1v) is 11.8. The molecule has 0 radical (unpaired) electrons. The standard InChI is InChI=1S/C28H25FN4O3/c29-24-8-4-3-7-23(24)25-17-31-28(36-25)22-6-2-1-5-21(22)27(35)32-19-9-11-20(12-10-19)33-15-13-18(14-16-33)26(30)34/h1-12,17-18H,13-16H2,(H2,30,34)(H,32,35). The van der Waals surface area contributed by atoms with Gasteiger partial charge in [0, 0.05) is 35.9 Å². The second-order valence-corrected chi connectivity index (χ2v) is 8.72. The van der Waals surface area contributed by atoms with E-state index in [-0.39, 0.29) is 29.4 Å². The van der Waals surface area contributed by atoms with Crippen LogP contribution in [0, 0.1) is 11.7 Å². The number of primary amides is 1. The molecular formula is C28H25FN4O3. The Morgan fingerprint density at radius 2 is 1.61 bits per heavy atom. The van der Waals surface area contributed by atoms with Gasteiger partial charge in [0.25, 0.3) is 5.91 Å². The van der Waals surface area contributed by atoms with Gasteiger partial charge in [-0.15, -0.1) is 0 Å². The van der Waals surface area contributed by atoms with E-state index in [1.54, 1.807) is 42.5 Å². The van der Waals surface area contributed by atoms with Crippen LogP contribution in [0.3, 0.4) is 0 Å². The number of halogens is 1. The molecule has 1 aliphatic rings. The Bertz CT molecular complexity index is 1390. The van der Waals surface area contributed by atoms with E-state index in [1.807, 2.05) is 24.3 Å². The van der Waals surface area contributed by atoms with E-state index in [1.165, 1.54) is 12.3 Å². The van der Waals surface area contributed by atoms with Crippen molar-refractivity contribution < 1.29 is 18.4 Å². The Hall–Kier alpha value is -4.46. The SMILES string of the molecule is NC(=O)C1CCN(c2ccc(NC(=O)c3ccccc3-c3ncc(-c4ccccc4F)o3)cc2)CC1. The average molecular weight is 485 g/mol. The molecule has 1 saturated heterocycles. The third kappa shape index (κ3) is 4.84. The number of carbonyl (C=O) groups excluding carboxylic acids is 2. The summed E-state index contributed by atoms with van der Waals surface area (Å²) in [5, 5.41) is 2.92. The molecule has 2 amide bonds. The first-order valence-electron chi connectivity index (χ1n) is 11.8. The Morgan fingerprint density at radius 1 is 0.944 bits per heavy atom. The number of amides is 2. The number of hydrogen-bond donors (Lipinski definition) is 2. The van der Waals surface area contributed by atoms with Crippen LogP contribution in [0.25, 0.3) is 22.8 Å². The molecule has 1 fully saturated rings. The Kier molecular flexibility index (Phi) is 6.49. The fourth-order valence-electron chi connectivity index (χ4n) is 4.43. The van der Waals surface area contributed by atoms with Gasteiger partial charge in [-0.25, -0.2) is 9.37 Å². The highest BCUT2D eigenvalue weighted by Crippen LogP contribution is 2.30. The van der Waals surface area contributed by atoms with Crippen LogP contribution in [0.15, 0.2) is 83.4 Å².